The van der Waals surface area contributed by atoms with Crippen LogP contribution in [0, 0.1) is 13.8 Å². The van der Waals surface area contributed by atoms with Crippen molar-refractivity contribution in [2.75, 3.05) is 0 Å². The number of carbonyl (C=O) groups is 1. The molecule has 0 spiro atoms. The van der Waals surface area contributed by atoms with Gasteiger partial charge in [0.1, 0.15) is 0 Å². The van der Waals surface area contributed by atoms with Crippen LogP contribution in [0.25, 0.3) is 0 Å². The lowest BCUT2D eigenvalue weighted by Crippen LogP contribution is -2.06. The van der Waals surface area contributed by atoms with E-state index in [1.54, 1.807) is 10.9 Å². The number of rotatable bonds is 4. The van der Waals surface area contributed by atoms with Gasteiger partial charge < -0.3 is 0 Å². The zero-order chi connectivity index (χ0) is 13.1. The first-order valence-corrected chi connectivity index (χ1v) is 6.01. The molecule has 4 nitrogen and oxygen atoms in total. The molecule has 0 aliphatic carbocycles. The summed E-state index contributed by atoms with van der Waals surface area (Å²) in [7, 11) is 1.89. The molecule has 0 bridgehead atoms. The molecule has 0 atom stereocenters. The van der Waals surface area contributed by atoms with Crippen LogP contribution in [-0.4, -0.2) is 20.5 Å². The average molecular weight is 243 g/mol. The van der Waals surface area contributed by atoms with Crippen molar-refractivity contribution >= 4 is 5.78 Å². The Morgan fingerprint density at radius 2 is 1.94 bits per heavy atom. The first-order valence-electron chi connectivity index (χ1n) is 6.01. The zero-order valence-corrected chi connectivity index (χ0v) is 11.0. The molecule has 0 radical (unpaired) electrons. The molecule has 94 valence electrons. The minimum atomic E-state index is 0.157. The summed E-state index contributed by atoms with van der Waals surface area (Å²) in [5.74, 6) is 0.157. The van der Waals surface area contributed by atoms with Crippen molar-refractivity contribution in [3.8, 4) is 0 Å². The van der Waals surface area contributed by atoms with Crippen molar-refractivity contribution in [3.63, 3.8) is 0 Å². The van der Waals surface area contributed by atoms with Gasteiger partial charge in [-0.15, -0.1) is 0 Å². The van der Waals surface area contributed by atoms with E-state index >= 15 is 0 Å². The molecular weight excluding hydrogens is 226 g/mol. The summed E-state index contributed by atoms with van der Waals surface area (Å²) < 4.78 is 1.80. The third-order valence-corrected chi connectivity index (χ3v) is 2.93. The van der Waals surface area contributed by atoms with Gasteiger partial charge in [0.05, 0.1) is 0 Å². The molecule has 2 aromatic heterocycles. The van der Waals surface area contributed by atoms with Crippen LogP contribution < -0.4 is 0 Å². The molecule has 2 aromatic rings. The Balaban J connectivity index is 2.06. The number of ketones is 1. The Kier molecular flexibility index (Phi) is 3.55. The maximum absolute atomic E-state index is 12.1. The van der Waals surface area contributed by atoms with Crippen molar-refractivity contribution < 1.29 is 4.79 Å². The zero-order valence-electron chi connectivity index (χ0n) is 11.0. The van der Waals surface area contributed by atoms with Crippen LogP contribution in [0.15, 0.2) is 24.4 Å². The van der Waals surface area contributed by atoms with E-state index in [4.69, 9.17) is 0 Å². The largest absolute Gasteiger partial charge is 0.294 e. The summed E-state index contributed by atoms with van der Waals surface area (Å²) in [6.07, 6.45) is 2.97. The number of aromatic nitrogens is 3. The SMILES string of the molecule is Cc1cc(C(=O)CCc2ccnn2C)cc(C)n1. The molecule has 0 saturated carbocycles. The molecule has 0 fully saturated rings. The molecule has 0 aliphatic heterocycles. The topological polar surface area (TPSA) is 47.8 Å². The fourth-order valence-electron chi connectivity index (χ4n) is 2.03. The summed E-state index contributed by atoms with van der Waals surface area (Å²) in [4.78, 5) is 16.4. The van der Waals surface area contributed by atoms with Crippen LogP contribution in [0.5, 0.6) is 0 Å². The number of aryl methyl sites for hydroxylation is 4. The monoisotopic (exact) mass is 243 g/mol. The van der Waals surface area contributed by atoms with Gasteiger partial charge in [0, 0.05) is 42.3 Å². The molecule has 18 heavy (non-hydrogen) atoms. The predicted octanol–water partition coefficient (Wildman–Crippen LogP) is 2.25. The Hall–Kier alpha value is -1.97. The molecular formula is C14H17N3O. The molecule has 0 aromatic carbocycles. The van der Waals surface area contributed by atoms with Crippen molar-refractivity contribution in [1.29, 1.82) is 0 Å². The number of hydrogen-bond donors (Lipinski definition) is 0. The quantitative estimate of drug-likeness (QED) is 0.774. The second kappa shape index (κ2) is 5.12. The minimum absolute atomic E-state index is 0.157. The number of carbonyl (C=O) groups excluding carboxylic acids is 1. The van der Waals surface area contributed by atoms with E-state index in [0.717, 1.165) is 29.1 Å². The van der Waals surface area contributed by atoms with E-state index in [1.165, 1.54) is 0 Å². The van der Waals surface area contributed by atoms with Gasteiger partial charge in [-0.3, -0.25) is 14.5 Å². The van der Waals surface area contributed by atoms with Gasteiger partial charge in [-0.05, 0) is 38.5 Å². The average Bonchev–Trinajstić information content (AvgIpc) is 2.70. The van der Waals surface area contributed by atoms with Crippen LogP contribution in [0.2, 0.25) is 0 Å². The van der Waals surface area contributed by atoms with Crippen LogP contribution >= 0.6 is 0 Å². The standard InChI is InChI=1S/C14H17N3O/c1-10-8-12(9-11(2)16-10)14(18)5-4-13-6-7-15-17(13)3/h6-9H,4-5H2,1-3H3. The van der Waals surface area contributed by atoms with Crippen molar-refractivity contribution in [2.45, 2.75) is 26.7 Å². The molecule has 0 amide bonds. The Morgan fingerprint density at radius 1 is 1.28 bits per heavy atom. The molecule has 0 saturated heterocycles. The predicted molar refractivity (Wildman–Crippen MR) is 69.6 cm³/mol. The van der Waals surface area contributed by atoms with E-state index < -0.39 is 0 Å². The van der Waals surface area contributed by atoms with Gasteiger partial charge in [0.2, 0.25) is 0 Å². The van der Waals surface area contributed by atoms with Crippen molar-refractivity contribution in [3.05, 3.63) is 47.0 Å². The van der Waals surface area contributed by atoms with E-state index in [1.807, 2.05) is 39.1 Å². The first kappa shape index (κ1) is 12.5. The fourth-order valence-corrected chi connectivity index (χ4v) is 2.03. The maximum atomic E-state index is 12.1. The third-order valence-electron chi connectivity index (χ3n) is 2.93. The second-order valence-electron chi connectivity index (χ2n) is 4.51. The molecule has 0 aliphatic rings. The molecule has 2 heterocycles. The highest BCUT2D eigenvalue weighted by Gasteiger charge is 2.09. The summed E-state index contributed by atoms with van der Waals surface area (Å²) in [6, 6.07) is 5.63. The van der Waals surface area contributed by atoms with E-state index in [0.29, 0.717) is 6.42 Å². The highest BCUT2D eigenvalue weighted by atomic mass is 16.1. The van der Waals surface area contributed by atoms with Crippen LogP contribution in [0.1, 0.15) is 33.9 Å². The summed E-state index contributed by atoms with van der Waals surface area (Å²) in [6.45, 7) is 3.82. The van der Waals surface area contributed by atoms with E-state index in [2.05, 4.69) is 10.1 Å². The fraction of sp³-hybridized carbons (Fsp3) is 0.357. The lowest BCUT2D eigenvalue weighted by atomic mass is 10.0. The summed E-state index contributed by atoms with van der Waals surface area (Å²) in [5.41, 5.74) is 3.60. The first-order chi connectivity index (χ1) is 8.56. The van der Waals surface area contributed by atoms with Crippen molar-refractivity contribution in [1.82, 2.24) is 14.8 Å². The Bertz CT molecular complexity index is 552. The minimum Gasteiger partial charge on any atom is -0.294 e. The van der Waals surface area contributed by atoms with Gasteiger partial charge >= 0.3 is 0 Å². The second-order valence-corrected chi connectivity index (χ2v) is 4.51. The molecule has 0 N–H and O–H groups in total. The molecule has 0 unspecified atom stereocenters. The van der Waals surface area contributed by atoms with Crippen molar-refractivity contribution in [2.24, 2.45) is 7.05 Å². The molecule has 2 rings (SSSR count). The Morgan fingerprint density at radius 3 is 2.50 bits per heavy atom. The number of nitrogens with zero attached hydrogens (tertiary/aromatic N) is 3. The van der Waals surface area contributed by atoms with Crippen LogP contribution in [0.4, 0.5) is 0 Å². The van der Waals surface area contributed by atoms with Gasteiger partial charge in [-0.1, -0.05) is 0 Å². The van der Waals surface area contributed by atoms with Gasteiger partial charge in [0.25, 0.3) is 0 Å². The summed E-state index contributed by atoms with van der Waals surface area (Å²) >= 11 is 0. The van der Waals surface area contributed by atoms with E-state index in [-0.39, 0.29) is 5.78 Å². The Labute approximate surface area is 107 Å². The highest BCUT2D eigenvalue weighted by molar-refractivity contribution is 5.96. The van der Waals surface area contributed by atoms with Gasteiger partial charge in [-0.2, -0.15) is 5.10 Å². The maximum Gasteiger partial charge on any atom is 0.163 e. The number of Topliss-reactive ketones (excluding diaryl/α,β-unsaturated/α-hetero) is 1. The van der Waals surface area contributed by atoms with E-state index in [9.17, 15) is 4.79 Å². The summed E-state index contributed by atoms with van der Waals surface area (Å²) in [5, 5.41) is 4.09. The number of hydrogen-bond acceptors (Lipinski definition) is 3. The highest BCUT2D eigenvalue weighted by Crippen LogP contribution is 2.10. The third kappa shape index (κ3) is 2.83. The smallest absolute Gasteiger partial charge is 0.163 e. The van der Waals surface area contributed by atoms with Gasteiger partial charge in [-0.25, -0.2) is 0 Å². The molecule has 4 heteroatoms. The van der Waals surface area contributed by atoms with Crippen LogP contribution in [-0.2, 0) is 13.5 Å². The lowest BCUT2D eigenvalue weighted by molar-refractivity contribution is 0.0982. The lowest BCUT2D eigenvalue weighted by Gasteiger charge is -2.04. The van der Waals surface area contributed by atoms with Gasteiger partial charge in [0.15, 0.2) is 5.78 Å². The normalized spacial score (nSPS) is 10.6. The van der Waals surface area contributed by atoms with Crippen LogP contribution in [0.3, 0.4) is 0 Å². The number of pyridine rings is 1.